The number of aryl methyl sites for hydroxylation is 1. The fourth-order valence-electron chi connectivity index (χ4n) is 2.43. The van der Waals surface area contributed by atoms with Crippen molar-refractivity contribution in [3.05, 3.63) is 11.7 Å². The highest BCUT2D eigenvalue weighted by Crippen LogP contribution is 2.20. The molecule has 1 saturated heterocycles. The normalized spacial score (nSPS) is 18.7. The largest absolute Gasteiger partial charge is 0.369 e. The van der Waals surface area contributed by atoms with Crippen molar-refractivity contribution in [2.45, 2.75) is 51.9 Å². The maximum atomic E-state index is 12.1. The Kier molecular flexibility index (Phi) is 4.83. The number of nitrogens with two attached hydrogens (primary N) is 1. The Labute approximate surface area is 130 Å². The maximum absolute atomic E-state index is 12.1. The van der Waals surface area contributed by atoms with Crippen LogP contribution in [0.4, 0.5) is 0 Å². The van der Waals surface area contributed by atoms with Crippen LogP contribution < -0.4 is 5.73 Å². The molecule has 7 heteroatoms. The van der Waals surface area contributed by atoms with E-state index in [1.165, 1.54) is 0 Å². The molecule has 1 atom stereocenters. The molecule has 1 aromatic rings. The van der Waals surface area contributed by atoms with Gasteiger partial charge in [0.15, 0.2) is 5.82 Å². The van der Waals surface area contributed by atoms with E-state index >= 15 is 0 Å². The molecule has 1 aromatic heterocycles. The van der Waals surface area contributed by atoms with E-state index in [9.17, 15) is 9.59 Å². The molecule has 1 aliphatic rings. The number of amides is 2. The molecule has 122 valence electrons. The molecule has 2 amide bonds. The van der Waals surface area contributed by atoms with Crippen LogP contribution in [-0.4, -0.2) is 39.9 Å². The fraction of sp³-hybridized carbons (Fsp3) is 0.733. The fourth-order valence-corrected chi connectivity index (χ4v) is 2.43. The molecule has 0 aromatic carbocycles. The van der Waals surface area contributed by atoms with Crippen LogP contribution in [-0.2, 0) is 21.4 Å². The summed E-state index contributed by atoms with van der Waals surface area (Å²) in [5.74, 6) is 0.774. The maximum Gasteiger partial charge on any atom is 0.226 e. The van der Waals surface area contributed by atoms with Crippen LogP contribution in [0.1, 0.15) is 51.7 Å². The lowest BCUT2D eigenvalue weighted by atomic mass is 9.96. The monoisotopic (exact) mass is 308 g/mol. The van der Waals surface area contributed by atoms with Crippen molar-refractivity contribution in [1.29, 1.82) is 0 Å². The van der Waals surface area contributed by atoms with Crippen molar-refractivity contribution in [1.82, 2.24) is 15.0 Å². The molecule has 2 N–H and O–H groups in total. The summed E-state index contributed by atoms with van der Waals surface area (Å²) in [7, 11) is 0. The van der Waals surface area contributed by atoms with Crippen LogP contribution in [0.2, 0.25) is 0 Å². The minimum absolute atomic E-state index is 0.0549. The van der Waals surface area contributed by atoms with Crippen LogP contribution in [0.3, 0.4) is 0 Å². The van der Waals surface area contributed by atoms with Crippen molar-refractivity contribution in [2.24, 2.45) is 11.7 Å². The van der Waals surface area contributed by atoms with Gasteiger partial charge >= 0.3 is 0 Å². The number of nitrogens with zero attached hydrogens (tertiary/aromatic N) is 3. The summed E-state index contributed by atoms with van der Waals surface area (Å²) < 4.78 is 5.20. The Morgan fingerprint density at radius 3 is 2.68 bits per heavy atom. The van der Waals surface area contributed by atoms with Gasteiger partial charge in [-0.25, -0.2) is 0 Å². The molecular formula is C15H24N4O3. The number of hydrogen-bond acceptors (Lipinski definition) is 5. The first-order valence-corrected chi connectivity index (χ1v) is 7.67. The van der Waals surface area contributed by atoms with E-state index in [1.54, 1.807) is 4.90 Å². The van der Waals surface area contributed by atoms with E-state index in [2.05, 4.69) is 10.1 Å². The predicted molar refractivity (Wildman–Crippen MR) is 79.8 cm³/mol. The minimum atomic E-state index is -0.323. The standard InChI is InChI=1S/C15H24N4O3/c1-15(2,3)14-17-11(22-18-14)5-4-6-12(20)19-8-7-10(9-19)13(16)21/h10H,4-9H2,1-3H3,(H2,16,21)/t10-/m1/s1. The van der Waals surface area contributed by atoms with Gasteiger partial charge in [-0.1, -0.05) is 25.9 Å². The summed E-state index contributed by atoms with van der Waals surface area (Å²) in [6.07, 6.45) is 2.32. The predicted octanol–water partition coefficient (Wildman–Crippen LogP) is 1.02. The second kappa shape index (κ2) is 6.46. The van der Waals surface area contributed by atoms with E-state index < -0.39 is 0 Å². The third-order valence-electron chi connectivity index (χ3n) is 3.86. The van der Waals surface area contributed by atoms with Gasteiger partial charge in [-0.15, -0.1) is 0 Å². The number of primary amides is 1. The van der Waals surface area contributed by atoms with Crippen LogP contribution in [0.15, 0.2) is 4.52 Å². The van der Waals surface area contributed by atoms with E-state index in [1.807, 2.05) is 20.8 Å². The lowest BCUT2D eigenvalue weighted by molar-refractivity contribution is -0.130. The second-order valence-corrected chi connectivity index (χ2v) is 6.84. The molecule has 0 bridgehead atoms. The third-order valence-corrected chi connectivity index (χ3v) is 3.86. The number of aromatic nitrogens is 2. The van der Waals surface area contributed by atoms with Crippen molar-refractivity contribution in [2.75, 3.05) is 13.1 Å². The number of rotatable bonds is 5. The number of hydrogen-bond donors (Lipinski definition) is 1. The Bertz CT molecular complexity index is 547. The average Bonchev–Trinajstić information content (AvgIpc) is 3.07. The van der Waals surface area contributed by atoms with E-state index in [0.29, 0.717) is 50.5 Å². The summed E-state index contributed by atoms with van der Waals surface area (Å²) in [6, 6.07) is 0. The first-order valence-electron chi connectivity index (χ1n) is 7.67. The van der Waals surface area contributed by atoms with Gasteiger partial charge in [0.25, 0.3) is 0 Å². The van der Waals surface area contributed by atoms with Gasteiger partial charge in [-0.3, -0.25) is 9.59 Å². The molecular weight excluding hydrogens is 284 g/mol. The highest BCUT2D eigenvalue weighted by molar-refractivity contribution is 5.81. The molecule has 2 heterocycles. The average molecular weight is 308 g/mol. The smallest absolute Gasteiger partial charge is 0.226 e. The molecule has 0 spiro atoms. The van der Waals surface area contributed by atoms with Crippen molar-refractivity contribution in [3.8, 4) is 0 Å². The zero-order valence-corrected chi connectivity index (χ0v) is 13.5. The molecule has 7 nitrogen and oxygen atoms in total. The highest BCUT2D eigenvalue weighted by Gasteiger charge is 2.29. The van der Waals surface area contributed by atoms with Crippen LogP contribution in [0.25, 0.3) is 0 Å². The number of likely N-dealkylation sites (tertiary alicyclic amines) is 1. The Morgan fingerprint density at radius 1 is 1.41 bits per heavy atom. The van der Waals surface area contributed by atoms with E-state index in [0.717, 1.165) is 0 Å². The molecule has 0 saturated carbocycles. The van der Waals surface area contributed by atoms with Gasteiger partial charge in [0, 0.05) is 31.3 Å². The van der Waals surface area contributed by atoms with Gasteiger partial charge < -0.3 is 15.2 Å². The van der Waals surface area contributed by atoms with Gasteiger partial charge in [0.2, 0.25) is 17.7 Å². The van der Waals surface area contributed by atoms with Gasteiger partial charge in [-0.2, -0.15) is 4.98 Å². The SMILES string of the molecule is CC(C)(C)c1noc(CCCC(=O)N2CC[C@@H](C(N)=O)C2)n1. The molecule has 0 aliphatic carbocycles. The Hall–Kier alpha value is -1.92. The van der Waals surface area contributed by atoms with Crippen LogP contribution in [0, 0.1) is 5.92 Å². The van der Waals surface area contributed by atoms with Crippen molar-refractivity contribution >= 4 is 11.8 Å². The van der Waals surface area contributed by atoms with Crippen molar-refractivity contribution in [3.63, 3.8) is 0 Å². The zero-order valence-electron chi connectivity index (χ0n) is 13.5. The van der Waals surface area contributed by atoms with Crippen LogP contribution >= 0.6 is 0 Å². The quantitative estimate of drug-likeness (QED) is 0.875. The summed E-state index contributed by atoms with van der Waals surface area (Å²) in [5.41, 5.74) is 5.13. The topological polar surface area (TPSA) is 102 Å². The lowest BCUT2D eigenvalue weighted by Crippen LogP contribution is -2.31. The summed E-state index contributed by atoms with van der Waals surface area (Å²) in [6.45, 7) is 7.12. The molecule has 1 aliphatic heterocycles. The molecule has 22 heavy (non-hydrogen) atoms. The highest BCUT2D eigenvalue weighted by atomic mass is 16.5. The molecule has 0 radical (unpaired) electrons. The van der Waals surface area contributed by atoms with Crippen molar-refractivity contribution < 1.29 is 14.1 Å². The second-order valence-electron chi connectivity index (χ2n) is 6.84. The third kappa shape index (κ3) is 4.05. The van der Waals surface area contributed by atoms with Crippen LogP contribution in [0.5, 0.6) is 0 Å². The number of carbonyl (C=O) groups is 2. The molecule has 0 unspecified atom stereocenters. The Morgan fingerprint density at radius 2 is 2.14 bits per heavy atom. The Balaban J connectivity index is 1.76. The van der Waals surface area contributed by atoms with Gasteiger partial charge in [0.05, 0.1) is 5.92 Å². The number of carbonyl (C=O) groups excluding carboxylic acids is 2. The lowest BCUT2D eigenvalue weighted by Gasteiger charge is -2.15. The van der Waals surface area contributed by atoms with E-state index in [4.69, 9.17) is 10.3 Å². The summed E-state index contributed by atoms with van der Waals surface area (Å²) in [5, 5.41) is 3.96. The first-order chi connectivity index (χ1) is 10.3. The van der Waals surface area contributed by atoms with Gasteiger partial charge in [-0.05, 0) is 12.8 Å². The zero-order chi connectivity index (χ0) is 16.3. The molecule has 2 rings (SSSR count). The summed E-state index contributed by atoms with van der Waals surface area (Å²) in [4.78, 5) is 29.2. The molecule has 1 fully saturated rings. The van der Waals surface area contributed by atoms with E-state index in [-0.39, 0.29) is 23.1 Å². The van der Waals surface area contributed by atoms with Gasteiger partial charge in [0.1, 0.15) is 0 Å². The minimum Gasteiger partial charge on any atom is -0.369 e. The summed E-state index contributed by atoms with van der Waals surface area (Å²) >= 11 is 0. The first kappa shape index (κ1) is 16.5.